The minimum absolute atomic E-state index is 0.0934. The average molecular weight is 278 g/mol. The Bertz CT molecular complexity index is 456. The standard InChI is InChI=1S/C15H22N2O3/c1-3-19-14(20-4-2)10-17-15(18)11-5-6-12-8-16-9-13(12)7-11/h5-7,14,16H,3-4,8-10H2,1-2H3,(H,17,18). The zero-order valence-corrected chi connectivity index (χ0v) is 12.1. The Morgan fingerprint density at radius 2 is 1.95 bits per heavy atom. The van der Waals surface area contributed by atoms with Crippen molar-refractivity contribution in [2.75, 3.05) is 19.8 Å². The first-order valence-corrected chi connectivity index (χ1v) is 7.08. The number of rotatable bonds is 7. The van der Waals surface area contributed by atoms with Gasteiger partial charge < -0.3 is 20.1 Å². The van der Waals surface area contributed by atoms with Crippen LogP contribution in [0, 0.1) is 0 Å². The summed E-state index contributed by atoms with van der Waals surface area (Å²) in [6.45, 7) is 7.00. The molecule has 110 valence electrons. The first-order valence-electron chi connectivity index (χ1n) is 7.08. The third-order valence-corrected chi connectivity index (χ3v) is 3.23. The highest BCUT2D eigenvalue weighted by Gasteiger charge is 2.15. The van der Waals surface area contributed by atoms with Gasteiger partial charge in [0.2, 0.25) is 0 Å². The second kappa shape index (κ2) is 7.38. The second-order valence-corrected chi connectivity index (χ2v) is 4.64. The lowest BCUT2D eigenvalue weighted by Crippen LogP contribution is -2.35. The van der Waals surface area contributed by atoms with Gasteiger partial charge in [0.05, 0.1) is 6.54 Å². The second-order valence-electron chi connectivity index (χ2n) is 4.64. The normalized spacial score (nSPS) is 13.6. The molecule has 1 amide bonds. The molecule has 0 unspecified atom stereocenters. The van der Waals surface area contributed by atoms with Crippen molar-refractivity contribution in [1.82, 2.24) is 10.6 Å². The average Bonchev–Trinajstić information content (AvgIpc) is 2.92. The molecular weight excluding hydrogens is 256 g/mol. The van der Waals surface area contributed by atoms with E-state index in [1.165, 1.54) is 11.1 Å². The molecule has 1 aliphatic heterocycles. The molecule has 0 saturated carbocycles. The molecule has 0 fully saturated rings. The maximum absolute atomic E-state index is 12.1. The van der Waals surface area contributed by atoms with E-state index in [9.17, 15) is 4.79 Å². The van der Waals surface area contributed by atoms with E-state index in [2.05, 4.69) is 10.6 Å². The van der Waals surface area contributed by atoms with Crippen molar-refractivity contribution >= 4 is 5.91 Å². The van der Waals surface area contributed by atoms with Gasteiger partial charge in [0.15, 0.2) is 6.29 Å². The number of hydrogen-bond acceptors (Lipinski definition) is 4. The fraction of sp³-hybridized carbons (Fsp3) is 0.533. The third-order valence-electron chi connectivity index (χ3n) is 3.23. The minimum Gasteiger partial charge on any atom is -0.351 e. The Balaban J connectivity index is 1.91. The van der Waals surface area contributed by atoms with Crippen LogP contribution in [-0.2, 0) is 22.6 Å². The molecule has 20 heavy (non-hydrogen) atoms. The molecule has 0 radical (unpaired) electrons. The summed E-state index contributed by atoms with van der Waals surface area (Å²) in [5, 5.41) is 6.12. The molecule has 1 aliphatic rings. The lowest BCUT2D eigenvalue weighted by molar-refractivity contribution is -0.131. The first kappa shape index (κ1) is 15.0. The van der Waals surface area contributed by atoms with Crippen LogP contribution in [-0.4, -0.2) is 32.0 Å². The van der Waals surface area contributed by atoms with Crippen molar-refractivity contribution < 1.29 is 14.3 Å². The molecule has 1 aromatic rings. The monoisotopic (exact) mass is 278 g/mol. The van der Waals surface area contributed by atoms with Gasteiger partial charge in [-0.05, 0) is 37.1 Å². The van der Waals surface area contributed by atoms with E-state index >= 15 is 0 Å². The number of ether oxygens (including phenoxy) is 2. The summed E-state index contributed by atoms with van der Waals surface area (Å²) in [6, 6.07) is 5.81. The van der Waals surface area contributed by atoms with Crippen LogP contribution in [0.3, 0.4) is 0 Å². The summed E-state index contributed by atoms with van der Waals surface area (Å²) in [7, 11) is 0. The summed E-state index contributed by atoms with van der Waals surface area (Å²) in [6.07, 6.45) is -0.384. The molecule has 5 heteroatoms. The highest BCUT2D eigenvalue weighted by Crippen LogP contribution is 2.16. The van der Waals surface area contributed by atoms with Crippen molar-refractivity contribution in [2.45, 2.75) is 33.2 Å². The third kappa shape index (κ3) is 3.79. The SMILES string of the molecule is CCOC(CNC(=O)c1ccc2c(c1)CNC2)OCC. The number of hydrogen-bond donors (Lipinski definition) is 2. The highest BCUT2D eigenvalue weighted by atomic mass is 16.7. The molecule has 0 saturated heterocycles. The van der Waals surface area contributed by atoms with E-state index < -0.39 is 0 Å². The summed E-state index contributed by atoms with van der Waals surface area (Å²) in [5.74, 6) is -0.0934. The summed E-state index contributed by atoms with van der Waals surface area (Å²) < 4.78 is 10.8. The van der Waals surface area contributed by atoms with Crippen LogP contribution in [0.1, 0.15) is 35.3 Å². The van der Waals surface area contributed by atoms with E-state index in [1.54, 1.807) is 0 Å². The summed E-state index contributed by atoms with van der Waals surface area (Å²) >= 11 is 0. The number of nitrogens with one attached hydrogen (secondary N) is 2. The van der Waals surface area contributed by atoms with E-state index in [4.69, 9.17) is 9.47 Å². The largest absolute Gasteiger partial charge is 0.351 e. The Kier molecular flexibility index (Phi) is 5.52. The quantitative estimate of drug-likeness (QED) is 0.741. The van der Waals surface area contributed by atoms with Gasteiger partial charge in [-0.2, -0.15) is 0 Å². The van der Waals surface area contributed by atoms with Gasteiger partial charge in [-0.1, -0.05) is 6.07 Å². The fourth-order valence-electron chi connectivity index (χ4n) is 2.25. The van der Waals surface area contributed by atoms with Crippen LogP contribution >= 0.6 is 0 Å². The Morgan fingerprint density at radius 3 is 2.65 bits per heavy atom. The minimum atomic E-state index is -0.384. The smallest absolute Gasteiger partial charge is 0.251 e. The molecule has 0 spiro atoms. The highest BCUT2D eigenvalue weighted by molar-refractivity contribution is 5.94. The zero-order valence-electron chi connectivity index (χ0n) is 12.1. The molecule has 0 atom stereocenters. The number of fused-ring (bicyclic) bond motifs is 1. The van der Waals surface area contributed by atoms with E-state index in [1.807, 2.05) is 32.0 Å². The first-order chi connectivity index (χ1) is 9.74. The zero-order chi connectivity index (χ0) is 14.4. The van der Waals surface area contributed by atoms with Crippen LogP contribution in [0.5, 0.6) is 0 Å². The molecule has 2 rings (SSSR count). The number of carbonyl (C=O) groups is 1. The van der Waals surface area contributed by atoms with Crippen LogP contribution in [0.15, 0.2) is 18.2 Å². The molecule has 0 aliphatic carbocycles. The van der Waals surface area contributed by atoms with Gasteiger partial charge >= 0.3 is 0 Å². The van der Waals surface area contributed by atoms with E-state index in [0.29, 0.717) is 25.3 Å². The van der Waals surface area contributed by atoms with Gasteiger partial charge in [-0.15, -0.1) is 0 Å². The maximum Gasteiger partial charge on any atom is 0.251 e. The maximum atomic E-state index is 12.1. The topological polar surface area (TPSA) is 59.6 Å². The van der Waals surface area contributed by atoms with E-state index in [-0.39, 0.29) is 12.2 Å². The molecule has 1 aromatic carbocycles. The van der Waals surface area contributed by atoms with Crippen LogP contribution in [0.4, 0.5) is 0 Å². The van der Waals surface area contributed by atoms with E-state index in [0.717, 1.165) is 13.1 Å². The Hall–Kier alpha value is -1.43. The van der Waals surface area contributed by atoms with Gasteiger partial charge in [0.1, 0.15) is 0 Å². The van der Waals surface area contributed by atoms with Crippen molar-refractivity contribution in [3.05, 3.63) is 34.9 Å². The number of amides is 1. The van der Waals surface area contributed by atoms with Gasteiger partial charge in [0, 0.05) is 31.9 Å². The van der Waals surface area contributed by atoms with Crippen molar-refractivity contribution in [3.8, 4) is 0 Å². The van der Waals surface area contributed by atoms with Gasteiger partial charge in [-0.25, -0.2) is 0 Å². The molecular formula is C15H22N2O3. The lowest BCUT2D eigenvalue weighted by atomic mass is 10.1. The van der Waals surface area contributed by atoms with Crippen LogP contribution in [0.2, 0.25) is 0 Å². The summed E-state index contributed by atoms with van der Waals surface area (Å²) in [4.78, 5) is 12.1. The predicted molar refractivity (Wildman–Crippen MR) is 76.4 cm³/mol. The van der Waals surface area contributed by atoms with Crippen LogP contribution in [0.25, 0.3) is 0 Å². The number of carbonyl (C=O) groups excluding carboxylic acids is 1. The molecule has 0 bridgehead atoms. The predicted octanol–water partition coefficient (Wildman–Crippen LogP) is 1.42. The van der Waals surface area contributed by atoms with Crippen molar-refractivity contribution in [2.24, 2.45) is 0 Å². The van der Waals surface area contributed by atoms with Crippen molar-refractivity contribution in [3.63, 3.8) is 0 Å². The van der Waals surface area contributed by atoms with Gasteiger partial charge in [-0.3, -0.25) is 4.79 Å². The molecule has 5 nitrogen and oxygen atoms in total. The molecule has 1 heterocycles. The molecule has 2 N–H and O–H groups in total. The van der Waals surface area contributed by atoms with Crippen molar-refractivity contribution in [1.29, 1.82) is 0 Å². The number of benzene rings is 1. The lowest BCUT2D eigenvalue weighted by Gasteiger charge is -2.17. The van der Waals surface area contributed by atoms with Gasteiger partial charge in [0.25, 0.3) is 5.91 Å². The van der Waals surface area contributed by atoms with Crippen LogP contribution < -0.4 is 10.6 Å². The molecule has 0 aromatic heterocycles. The Morgan fingerprint density at radius 1 is 1.25 bits per heavy atom. The fourth-order valence-corrected chi connectivity index (χ4v) is 2.25. The summed E-state index contributed by atoms with van der Waals surface area (Å²) in [5.41, 5.74) is 3.14. The Labute approximate surface area is 119 Å².